The summed E-state index contributed by atoms with van der Waals surface area (Å²) in [5.41, 5.74) is 8.64. The van der Waals surface area contributed by atoms with Crippen LogP contribution in [-0.2, 0) is 7.05 Å². The highest BCUT2D eigenvalue weighted by Crippen LogP contribution is 2.37. The smallest absolute Gasteiger partial charge is 0.396 e. The number of aryl methyl sites for hydroxylation is 1. The molecule has 1 amide bonds. The minimum Gasteiger partial charge on any atom is -0.396 e. The fraction of sp³-hybridized carbons (Fsp3) is 0.0556. The van der Waals surface area contributed by atoms with Crippen LogP contribution in [-0.4, -0.2) is 20.6 Å². The van der Waals surface area contributed by atoms with Crippen LogP contribution < -0.4 is 16.8 Å². The van der Waals surface area contributed by atoms with Crippen LogP contribution in [0.2, 0.25) is 5.02 Å². The van der Waals surface area contributed by atoms with Gasteiger partial charge in [-0.05, 0) is 46.3 Å². The molecule has 0 aliphatic carbocycles. The summed E-state index contributed by atoms with van der Waals surface area (Å²) in [6, 6.07) is 8.37. The summed E-state index contributed by atoms with van der Waals surface area (Å²) in [5, 5.41) is 7.71. The van der Waals surface area contributed by atoms with E-state index >= 15 is 0 Å². The van der Waals surface area contributed by atoms with E-state index < -0.39 is 5.76 Å². The van der Waals surface area contributed by atoms with E-state index in [1.165, 1.54) is 0 Å². The van der Waals surface area contributed by atoms with Gasteiger partial charge in [0, 0.05) is 32.0 Å². The molecule has 0 saturated heterocycles. The number of aromatic nitrogens is 3. The molecule has 0 spiro atoms. The lowest BCUT2D eigenvalue weighted by Gasteiger charge is -2.11. The van der Waals surface area contributed by atoms with Crippen molar-refractivity contribution in [1.82, 2.24) is 14.7 Å². The van der Waals surface area contributed by atoms with E-state index in [1.807, 2.05) is 6.07 Å². The van der Waals surface area contributed by atoms with Crippen molar-refractivity contribution in [3.63, 3.8) is 0 Å². The average molecular weight is 542 g/mol. The number of rotatable bonds is 3. The summed E-state index contributed by atoms with van der Waals surface area (Å²) in [5.74, 6) is -0.932. The zero-order chi connectivity index (χ0) is 20.9. The number of nitrogen functional groups attached to an aromatic ring is 1. The maximum absolute atomic E-state index is 13.0. The number of hydrogen-bond donors (Lipinski definition) is 3. The Bertz CT molecular complexity index is 1340. The second-order valence-electron chi connectivity index (χ2n) is 6.19. The number of nitrogens with two attached hydrogens (primary N) is 1. The maximum Gasteiger partial charge on any atom is 0.439 e. The van der Waals surface area contributed by atoms with Gasteiger partial charge in [0.1, 0.15) is 5.69 Å². The molecule has 4 aromatic rings. The number of carbonyl (C=O) groups excluding carboxylic acids is 1. The minimum absolute atomic E-state index is 0.153. The predicted molar refractivity (Wildman–Crippen MR) is 118 cm³/mol. The first-order valence-corrected chi connectivity index (χ1v) is 10.1. The Morgan fingerprint density at radius 2 is 2.03 bits per heavy atom. The first-order chi connectivity index (χ1) is 13.8. The van der Waals surface area contributed by atoms with Crippen LogP contribution in [0.1, 0.15) is 10.5 Å². The SMILES string of the molecule is Cn1c(C(=O)Nc2ccc(Cl)cc2-c2noc(=O)[nH]2)cc2c(Br)cc(Br)c(N)c21. The summed E-state index contributed by atoms with van der Waals surface area (Å²) in [7, 11) is 1.75. The van der Waals surface area contributed by atoms with Crippen molar-refractivity contribution >= 4 is 71.6 Å². The van der Waals surface area contributed by atoms with Gasteiger partial charge in [-0.1, -0.05) is 32.7 Å². The van der Waals surface area contributed by atoms with Crippen molar-refractivity contribution in [1.29, 1.82) is 0 Å². The van der Waals surface area contributed by atoms with Gasteiger partial charge in [0.15, 0.2) is 5.82 Å². The third-order valence-electron chi connectivity index (χ3n) is 4.41. The second-order valence-corrected chi connectivity index (χ2v) is 8.34. The number of benzene rings is 2. The number of nitrogens with one attached hydrogen (secondary N) is 2. The highest BCUT2D eigenvalue weighted by molar-refractivity contribution is 9.11. The van der Waals surface area contributed by atoms with Crippen molar-refractivity contribution in [2.75, 3.05) is 11.1 Å². The molecule has 0 unspecified atom stereocenters. The molecule has 11 heteroatoms. The number of aromatic amines is 1. The number of nitrogens with zero attached hydrogens (tertiary/aromatic N) is 2. The lowest BCUT2D eigenvalue weighted by Crippen LogP contribution is -2.16. The molecule has 148 valence electrons. The van der Waals surface area contributed by atoms with E-state index in [4.69, 9.17) is 17.3 Å². The summed E-state index contributed by atoms with van der Waals surface area (Å²) in [6.07, 6.45) is 0. The van der Waals surface area contributed by atoms with Crippen LogP contribution in [0.5, 0.6) is 0 Å². The Morgan fingerprint density at radius 3 is 2.72 bits per heavy atom. The Kier molecular flexibility index (Phi) is 5.01. The Balaban J connectivity index is 1.78. The van der Waals surface area contributed by atoms with Crippen LogP contribution in [0.3, 0.4) is 0 Å². The third kappa shape index (κ3) is 3.47. The van der Waals surface area contributed by atoms with E-state index in [-0.39, 0.29) is 11.7 Å². The van der Waals surface area contributed by atoms with Crippen LogP contribution in [0.4, 0.5) is 11.4 Å². The maximum atomic E-state index is 13.0. The number of halogens is 3. The molecule has 0 bridgehead atoms. The number of hydrogen-bond acceptors (Lipinski definition) is 5. The molecule has 0 fully saturated rings. The lowest BCUT2D eigenvalue weighted by atomic mass is 10.1. The fourth-order valence-electron chi connectivity index (χ4n) is 3.06. The van der Waals surface area contributed by atoms with E-state index in [1.54, 1.807) is 35.9 Å². The molecule has 0 aliphatic heterocycles. The zero-order valence-corrected chi connectivity index (χ0v) is 18.6. The Labute approximate surface area is 185 Å². The molecule has 0 aliphatic rings. The lowest BCUT2D eigenvalue weighted by molar-refractivity contribution is 0.102. The summed E-state index contributed by atoms with van der Waals surface area (Å²) >= 11 is 13.0. The first kappa shape index (κ1) is 19.7. The van der Waals surface area contributed by atoms with E-state index in [0.717, 1.165) is 14.3 Å². The van der Waals surface area contributed by atoms with Gasteiger partial charge in [0.05, 0.1) is 16.9 Å². The molecule has 0 radical (unpaired) electrons. The molecular formula is C18H12Br2ClN5O3. The normalized spacial score (nSPS) is 11.2. The number of fused-ring (bicyclic) bond motifs is 1. The van der Waals surface area contributed by atoms with Gasteiger partial charge >= 0.3 is 5.76 Å². The van der Waals surface area contributed by atoms with Gasteiger partial charge in [-0.2, -0.15) is 0 Å². The molecule has 2 aromatic heterocycles. The molecular weight excluding hydrogens is 529 g/mol. The molecule has 4 N–H and O–H groups in total. The summed E-state index contributed by atoms with van der Waals surface area (Å²) in [6.45, 7) is 0. The molecule has 2 heterocycles. The highest BCUT2D eigenvalue weighted by Gasteiger charge is 2.20. The molecule has 0 saturated carbocycles. The van der Waals surface area contributed by atoms with E-state index in [9.17, 15) is 9.59 Å². The fourth-order valence-corrected chi connectivity index (χ4v) is 4.49. The van der Waals surface area contributed by atoms with E-state index in [0.29, 0.717) is 33.2 Å². The van der Waals surface area contributed by atoms with Crippen LogP contribution in [0.25, 0.3) is 22.3 Å². The van der Waals surface area contributed by atoms with Crippen molar-refractivity contribution in [2.24, 2.45) is 7.05 Å². The minimum atomic E-state index is -0.711. The topological polar surface area (TPSA) is 119 Å². The average Bonchev–Trinajstić information content (AvgIpc) is 3.25. The standard InChI is InChI=1S/C18H12Br2ClN5O3/c1-26-13(5-8-10(19)6-11(20)14(22)15(8)26)17(27)23-12-3-2-7(21)4-9(12)16-24-18(28)29-25-16/h2-6H,22H2,1H3,(H,23,27)(H,24,25,28). The van der Waals surface area contributed by atoms with Crippen molar-refractivity contribution in [3.05, 3.63) is 60.5 Å². The van der Waals surface area contributed by atoms with Gasteiger partial charge in [0.25, 0.3) is 5.91 Å². The Morgan fingerprint density at radius 1 is 1.28 bits per heavy atom. The molecule has 2 aromatic carbocycles. The van der Waals surface area contributed by atoms with Crippen molar-refractivity contribution in [2.45, 2.75) is 0 Å². The monoisotopic (exact) mass is 539 g/mol. The predicted octanol–water partition coefficient (Wildman–Crippen LogP) is 4.53. The summed E-state index contributed by atoms with van der Waals surface area (Å²) < 4.78 is 7.79. The molecule has 8 nitrogen and oxygen atoms in total. The van der Waals surface area contributed by atoms with Gasteiger partial charge in [-0.25, -0.2) is 4.79 Å². The molecule has 29 heavy (non-hydrogen) atoms. The largest absolute Gasteiger partial charge is 0.439 e. The molecule has 4 rings (SSSR count). The first-order valence-electron chi connectivity index (χ1n) is 8.16. The summed E-state index contributed by atoms with van der Waals surface area (Å²) in [4.78, 5) is 26.8. The number of amides is 1. The van der Waals surface area contributed by atoms with Gasteiger partial charge in [-0.3, -0.25) is 14.3 Å². The third-order valence-corrected chi connectivity index (χ3v) is 5.96. The van der Waals surface area contributed by atoms with Gasteiger partial charge in [0.2, 0.25) is 0 Å². The zero-order valence-electron chi connectivity index (χ0n) is 14.7. The van der Waals surface area contributed by atoms with Gasteiger partial charge in [-0.15, -0.1) is 0 Å². The van der Waals surface area contributed by atoms with Crippen LogP contribution >= 0.6 is 43.5 Å². The number of H-pyrrole nitrogens is 1. The number of carbonyl (C=O) groups is 1. The van der Waals surface area contributed by atoms with Crippen molar-refractivity contribution in [3.8, 4) is 11.4 Å². The quantitative estimate of drug-likeness (QED) is 0.329. The Hall–Kier alpha value is -2.56. The molecule has 0 atom stereocenters. The highest BCUT2D eigenvalue weighted by atomic mass is 79.9. The van der Waals surface area contributed by atoms with Crippen LogP contribution in [0.15, 0.2) is 48.6 Å². The number of anilines is 2. The van der Waals surface area contributed by atoms with Crippen molar-refractivity contribution < 1.29 is 9.32 Å². The van der Waals surface area contributed by atoms with E-state index in [2.05, 4.69) is 51.8 Å². The van der Waals surface area contributed by atoms with Crippen LogP contribution in [0, 0.1) is 0 Å². The van der Waals surface area contributed by atoms with Gasteiger partial charge < -0.3 is 15.6 Å². The second kappa shape index (κ2) is 7.36.